The Morgan fingerprint density at radius 3 is 2.35 bits per heavy atom. The van der Waals surface area contributed by atoms with E-state index in [0.29, 0.717) is 25.9 Å². The second kappa shape index (κ2) is 5.81. The highest BCUT2D eigenvalue weighted by Gasteiger charge is 2.43. The summed E-state index contributed by atoms with van der Waals surface area (Å²) in [4.78, 5) is 24.9. The second-order valence-electron chi connectivity index (χ2n) is 4.83. The van der Waals surface area contributed by atoms with Crippen molar-refractivity contribution in [1.82, 2.24) is 5.32 Å². The normalized spacial score (nSPS) is 17.4. The van der Waals surface area contributed by atoms with Crippen LogP contribution in [0.1, 0.15) is 12.8 Å². The third kappa shape index (κ3) is 2.84. The van der Waals surface area contributed by atoms with E-state index in [1.807, 2.05) is 30.3 Å². The van der Waals surface area contributed by atoms with Crippen molar-refractivity contribution in [2.75, 3.05) is 25.1 Å². The average molecular weight is 278 g/mol. The predicted molar refractivity (Wildman–Crippen MR) is 73.8 cm³/mol. The lowest BCUT2D eigenvalue weighted by Gasteiger charge is -2.39. The molecule has 6 nitrogen and oxygen atoms in total. The molecular weight excluding hydrogens is 260 g/mol. The molecule has 0 radical (unpaired) electrons. The Balaban J connectivity index is 2.07. The Kier molecular flexibility index (Phi) is 4.12. The van der Waals surface area contributed by atoms with Crippen LogP contribution in [0.2, 0.25) is 0 Å². The van der Waals surface area contributed by atoms with Crippen LogP contribution in [-0.4, -0.2) is 42.9 Å². The number of ether oxygens (including phenoxy) is 1. The molecule has 108 valence electrons. The van der Waals surface area contributed by atoms with Gasteiger partial charge in [-0.1, -0.05) is 18.2 Å². The van der Waals surface area contributed by atoms with Gasteiger partial charge in [-0.05, 0) is 25.0 Å². The van der Waals surface area contributed by atoms with Gasteiger partial charge in [-0.15, -0.1) is 0 Å². The first-order valence-corrected chi connectivity index (χ1v) is 6.47. The largest absolute Gasteiger partial charge is 0.480 e. The first-order chi connectivity index (χ1) is 9.57. The number of alkyl carbamates (subject to hydrolysis) is 1. The number of anilines is 1. The molecule has 0 aromatic heterocycles. The molecule has 0 bridgehead atoms. The molecule has 1 aromatic carbocycles. The van der Waals surface area contributed by atoms with E-state index in [4.69, 9.17) is 0 Å². The van der Waals surface area contributed by atoms with Crippen LogP contribution in [0.3, 0.4) is 0 Å². The summed E-state index contributed by atoms with van der Waals surface area (Å²) in [5.74, 6) is -1.02. The van der Waals surface area contributed by atoms with Crippen LogP contribution in [0.5, 0.6) is 0 Å². The maximum atomic E-state index is 11.5. The summed E-state index contributed by atoms with van der Waals surface area (Å²) < 4.78 is 4.51. The minimum atomic E-state index is -1.24. The molecule has 1 aliphatic rings. The quantitative estimate of drug-likeness (QED) is 0.875. The van der Waals surface area contributed by atoms with Crippen LogP contribution < -0.4 is 10.2 Å². The van der Waals surface area contributed by atoms with Crippen LogP contribution >= 0.6 is 0 Å². The third-order valence-corrected chi connectivity index (χ3v) is 3.67. The zero-order chi connectivity index (χ0) is 14.6. The number of amides is 1. The van der Waals surface area contributed by atoms with Gasteiger partial charge < -0.3 is 20.1 Å². The monoisotopic (exact) mass is 278 g/mol. The van der Waals surface area contributed by atoms with Crippen molar-refractivity contribution in [2.24, 2.45) is 0 Å². The molecule has 0 saturated carbocycles. The van der Waals surface area contributed by atoms with Crippen LogP contribution in [0, 0.1) is 0 Å². The highest BCUT2D eigenvalue weighted by Crippen LogP contribution is 2.26. The van der Waals surface area contributed by atoms with E-state index in [2.05, 4.69) is 15.0 Å². The Morgan fingerprint density at radius 1 is 1.25 bits per heavy atom. The molecule has 0 aliphatic carbocycles. The van der Waals surface area contributed by atoms with E-state index in [0.717, 1.165) is 5.69 Å². The molecule has 20 heavy (non-hydrogen) atoms. The highest BCUT2D eigenvalue weighted by atomic mass is 16.5. The van der Waals surface area contributed by atoms with E-state index in [1.54, 1.807) is 0 Å². The average Bonchev–Trinajstić information content (AvgIpc) is 2.48. The van der Waals surface area contributed by atoms with Gasteiger partial charge in [0.2, 0.25) is 0 Å². The molecule has 2 rings (SSSR count). The van der Waals surface area contributed by atoms with E-state index in [9.17, 15) is 14.7 Å². The van der Waals surface area contributed by atoms with Gasteiger partial charge in [-0.25, -0.2) is 9.59 Å². The third-order valence-electron chi connectivity index (χ3n) is 3.67. The second-order valence-corrected chi connectivity index (χ2v) is 4.83. The van der Waals surface area contributed by atoms with E-state index >= 15 is 0 Å². The van der Waals surface area contributed by atoms with Crippen molar-refractivity contribution in [2.45, 2.75) is 18.4 Å². The predicted octanol–water partition coefficient (Wildman–Crippen LogP) is 1.47. The first-order valence-electron chi connectivity index (χ1n) is 6.47. The number of benzene rings is 1. The Labute approximate surface area is 117 Å². The molecule has 1 saturated heterocycles. The van der Waals surface area contributed by atoms with E-state index < -0.39 is 17.6 Å². The first kappa shape index (κ1) is 14.2. The Hall–Kier alpha value is -2.24. The van der Waals surface area contributed by atoms with Gasteiger partial charge in [-0.3, -0.25) is 0 Å². The number of hydrogen-bond donors (Lipinski definition) is 2. The summed E-state index contributed by atoms with van der Waals surface area (Å²) in [6.07, 6.45) is -0.0286. The number of hydrogen-bond acceptors (Lipinski definition) is 4. The molecule has 0 atom stereocenters. The highest BCUT2D eigenvalue weighted by molar-refractivity contribution is 5.84. The molecule has 1 aliphatic heterocycles. The number of aliphatic carboxylic acids is 1. The Bertz CT molecular complexity index is 481. The standard InChI is InChI=1S/C14H18N2O4/c1-20-13(19)15-14(12(17)18)7-9-16(10-8-14)11-5-3-2-4-6-11/h2-6H,7-10H2,1H3,(H,15,19)(H,17,18). The van der Waals surface area contributed by atoms with Crippen molar-refractivity contribution in [1.29, 1.82) is 0 Å². The molecule has 2 N–H and O–H groups in total. The molecule has 1 heterocycles. The number of piperidine rings is 1. The summed E-state index contributed by atoms with van der Waals surface area (Å²) in [5, 5.41) is 11.9. The lowest BCUT2D eigenvalue weighted by molar-refractivity contribution is -0.145. The SMILES string of the molecule is COC(=O)NC1(C(=O)O)CCN(c2ccccc2)CC1. The van der Waals surface area contributed by atoms with Crippen molar-refractivity contribution in [3.05, 3.63) is 30.3 Å². The molecule has 1 aromatic rings. The Morgan fingerprint density at radius 2 is 1.85 bits per heavy atom. The lowest BCUT2D eigenvalue weighted by atomic mass is 9.87. The van der Waals surface area contributed by atoms with Gasteiger partial charge in [-0.2, -0.15) is 0 Å². The minimum Gasteiger partial charge on any atom is -0.480 e. The van der Waals surface area contributed by atoms with Crippen molar-refractivity contribution < 1.29 is 19.4 Å². The van der Waals surface area contributed by atoms with E-state index in [-0.39, 0.29) is 0 Å². The summed E-state index contributed by atoms with van der Waals surface area (Å²) in [6, 6.07) is 9.80. The van der Waals surface area contributed by atoms with Gasteiger partial charge in [0.05, 0.1) is 7.11 Å². The maximum Gasteiger partial charge on any atom is 0.407 e. The van der Waals surface area contributed by atoms with Crippen molar-refractivity contribution >= 4 is 17.7 Å². The minimum absolute atomic E-state index is 0.340. The number of nitrogens with one attached hydrogen (secondary N) is 1. The van der Waals surface area contributed by atoms with Crippen LogP contribution in [-0.2, 0) is 9.53 Å². The number of carbonyl (C=O) groups is 2. The van der Waals surface area contributed by atoms with Crippen molar-refractivity contribution in [3.8, 4) is 0 Å². The van der Waals surface area contributed by atoms with Gasteiger partial charge in [0.15, 0.2) is 0 Å². The molecule has 0 unspecified atom stereocenters. The number of carboxylic acids is 1. The van der Waals surface area contributed by atoms with Gasteiger partial charge in [0, 0.05) is 18.8 Å². The van der Waals surface area contributed by atoms with Gasteiger partial charge in [0.1, 0.15) is 5.54 Å². The summed E-state index contributed by atoms with van der Waals surface area (Å²) in [5.41, 5.74) is -0.178. The fraction of sp³-hybridized carbons (Fsp3) is 0.429. The number of rotatable bonds is 3. The fourth-order valence-electron chi connectivity index (χ4n) is 2.42. The molecular formula is C14H18N2O4. The summed E-state index contributed by atoms with van der Waals surface area (Å²) in [6.45, 7) is 1.14. The number of carboxylic acid groups (broad SMARTS) is 1. The van der Waals surface area contributed by atoms with Crippen molar-refractivity contribution in [3.63, 3.8) is 0 Å². The summed E-state index contributed by atoms with van der Waals surface area (Å²) >= 11 is 0. The number of carbonyl (C=O) groups excluding carboxylic acids is 1. The molecule has 6 heteroatoms. The maximum absolute atomic E-state index is 11.5. The smallest absolute Gasteiger partial charge is 0.407 e. The zero-order valence-electron chi connectivity index (χ0n) is 11.3. The number of methoxy groups -OCH3 is 1. The van der Waals surface area contributed by atoms with Crippen LogP contribution in [0.25, 0.3) is 0 Å². The topological polar surface area (TPSA) is 78.9 Å². The molecule has 0 spiro atoms. The number of para-hydroxylation sites is 1. The van der Waals surface area contributed by atoms with Crippen LogP contribution in [0.15, 0.2) is 30.3 Å². The molecule has 1 fully saturated rings. The fourth-order valence-corrected chi connectivity index (χ4v) is 2.42. The van der Waals surface area contributed by atoms with Gasteiger partial charge >= 0.3 is 12.1 Å². The van der Waals surface area contributed by atoms with Crippen LogP contribution in [0.4, 0.5) is 10.5 Å². The zero-order valence-corrected chi connectivity index (χ0v) is 11.3. The van der Waals surface area contributed by atoms with Gasteiger partial charge in [0.25, 0.3) is 0 Å². The van der Waals surface area contributed by atoms with E-state index in [1.165, 1.54) is 7.11 Å². The summed E-state index contributed by atoms with van der Waals surface area (Å²) in [7, 11) is 1.23. The number of nitrogens with zero attached hydrogens (tertiary/aromatic N) is 1. The lowest BCUT2D eigenvalue weighted by Crippen LogP contribution is -2.60. The molecule has 1 amide bonds.